The fourth-order valence-electron chi connectivity index (χ4n) is 1.65. The highest BCUT2D eigenvalue weighted by Gasteiger charge is 2.04. The third kappa shape index (κ3) is 4.32. The van der Waals surface area contributed by atoms with E-state index in [9.17, 15) is 0 Å². The van der Waals surface area contributed by atoms with Gasteiger partial charge in [-0.15, -0.1) is 24.0 Å². The minimum absolute atomic E-state index is 0. The van der Waals surface area contributed by atoms with E-state index in [4.69, 9.17) is 0 Å². The molecule has 0 aromatic carbocycles. The number of halogens is 1. The van der Waals surface area contributed by atoms with Crippen molar-refractivity contribution in [3.05, 3.63) is 23.9 Å². The smallest absolute Gasteiger partial charge is 0.191 e. The molecule has 0 amide bonds. The van der Waals surface area contributed by atoms with Gasteiger partial charge in [0.15, 0.2) is 5.96 Å². The zero-order valence-corrected chi connectivity index (χ0v) is 13.1. The van der Waals surface area contributed by atoms with Crippen LogP contribution in [-0.4, -0.2) is 38.1 Å². The lowest BCUT2D eigenvalue weighted by Crippen LogP contribution is -2.40. The SMILES string of the molecule is CN(C)c1cc(CNC2=NCCCN2)ccn1.I. The number of nitrogens with zero attached hydrogens (tertiary/aromatic N) is 3. The standard InChI is InChI=1S/C12H19N5.HI/c1-17(2)11-8-10(4-7-13-11)9-16-12-14-5-3-6-15-12;/h4,7-8H,3,5-6,9H2,1-2H3,(H2,14,15,16);1H. The zero-order chi connectivity index (χ0) is 12.1. The molecule has 2 heterocycles. The van der Waals surface area contributed by atoms with Crippen LogP contribution in [0.5, 0.6) is 0 Å². The highest BCUT2D eigenvalue weighted by molar-refractivity contribution is 14.0. The summed E-state index contributed by atoms with van der Waals surface area (Å²) in [6.45, 7) is 2.69. The molecule has 0 saturated heterocycles. The lowest BCUT2D eigenvalue weighted by atomic mass is 10.2. The van der Waals surface area contributed by atoms with Gasteiger partial charge in [0.05, 0.1) is 0 Å². The number of pyridine rings is 1. The van der Waals surface area contributed by atoms with Crippen molar-refractivity contribution in [3.8, 4) is 0 Å². The number of anilines is 1. The number of aromatic nitrogens is 1. The van der Waals surface area contributed by atoms with Crippen molar-refractivity contribution in [2.45, 2.75) is 13.0 Å². The molecule has 2 N–H and O–H groups in total. The zero-order valence-electron chi connectivity index (χ0n) is 10.8. The van der Waals surface area contributed by atoms with E-state index in [1.807, 2.05) is 31.3 Å². The third-order valence-electron chi connectivity index (χ3n) is 2.63. The molecule has 0 atom stereocenters. The van der Waals surface area contributed by atoms with E-state index >= 15 is 0 Å². The van der Waals surface area contributed by atoms with Crippen LogP contribution in [0.3, 0.4) is 0 Å². The Labute approximate surface area is 125 Å². The summed E-state index contributed by atoms with van der Waals surface area (Å²) in [5, 5.41) is 6.54. The van der Waals surface area contributed by atoms with E-state index in [-0.39, 0.29) is 24.0 Å². The van der Waals surface area contributed by atoms with Gasteiger partial charge in [0.25, 0.3) is 0 Å². The lowest BCUT2D eigenvalue weighted by molar-refractivity contribution is 0.702. The summed E-state index contributed by atoms with van der Waals surface area (Å²) < 4.78 is 0. The molecule has 0 unspecified atom stereocenters. The molecule has 18 heavy (non-hydrogen) atoms. The van der Waals surface area contributed by atoms with Gasteiger partial charge in [-0.3, -0.25) is 4.99 Å². The number of rotatable bonds is 3. The molecule has 2 rings (SSSR count). The van der Waals surface area contributed by atoms with Gasteiger partial charge in [0.1, 0.15) is 5.82 Å². The first-order valence-corrected chi connectivity index (χ1v) is 5.90. The van der Waals surface area contributed by atoms with Gasteiger partial charge < -0.3 is 15.5 Å². The van der Waals surface area contributed by atoms with E-state index in [2.05, 4.69) is 26.7 Å². The first-order valence-electron chi connectivity index (χ1n) is 5.90. The summed E-state index contributed by atoms with van der Waals surface area (Å²) in [5.74, 6) is 1.88. The molecule has 0 fully saturated rings. The highest BCUT2D eigenvalue weighted by atomic mass is 127. The quantitative estimate of drug-likeness (QED) is 0.795. The van der Waals surface area contributed by atoms with Crippen LogP contribution in [0.25, 0.3) is 0 Å². The summed E-state index contributed by atoms with van der Waals surface area (Å²) in [6, 6.07) is 4.10. The Morgan fingerprint density at radius 1 is 1.44 bits per heavy atom. The van der Waals surface area contributed by atoms with Crippen LogP contribution in [0.2, 0.25) is 0 Å². The largest absolute Gasteiger partial charge is 0.363 e. The number of hydrogen-bond acceptors (Lipinski definition) is 5. The van der Waals surface area contributed by atoms with E-state index in [0.29, 0.717) is 0 Å². The number of hydrogen-bond donors (Lipinski definition) is 2. The second-order valence-corrected chi connectivity index (χ2v) is 4.28. The summed E-state index contributed by atoms with van der Waals surface area (Å²) in [6.07, 6.45) is 2.95. The monoisotopic (exact) mass is 361 g/mol. The fourth-order valence-corrected chi connectivity index (χ4v) is 1.65. The van der Waals surface area contributed by atoms with Crippen LogP contribution in [-0.2, 0) is 6.54 Å². The Kier molecular flexibility index (Phi) is 6.17. The molecular formula is C12H20IN5. The molecule has 0 saturated carbocycles. The molecule has 1 aromatic rings. The molecule has 0 radical (unpaired) electrons. The normalized spacial score (nSPS) is 14.0. The number of guanidine groups is 1. The van der Waals surface area contributed by atoms with Crippen LogP contribution in [0.4, 0.5) is 5.82 Å². The van der Waals surface area contributed by atoms with Crippen molar-refractivity contribution in [1.29, 1.82) is 0 Å². The predicted molar refractivity (Wildman–Crippen MR) is 85.7 cm³/mol. The van der Waals surface area contributed by atoms with E-state index in [1.54, 1.807) is 0 Å². The van der Waals surface area contributed by atoms with Crippen molar-refractivity contribution in [2.24, 2.45) is 4.99 Å². The number of nitrogens with one attached hydrogen (secondary N) is 2. The molecule has 5 nitrogen and oxygen atoms in total. The molecule has 0 bridgehead atoms. The molecule has 1 aliphatic heterocycles. The Morgan fingerprint density at radius 3 is 2.94 bits per heavy atom. The molecular weight excluding hydrogens is 341 g/mol. The third-order valence-corrected chi connectivity index (χ3v) is 2.63. The van der Waals surface area contributed by atoms with E-state index in [1.165, 1.54) is 5.56 Å². The van der Waals surface area contributed by atoms with Crippen LogP contribution >= 0.6 is 24.0 Å². The van der Waals surface area contributed by atoms with Crippen molar-refractivity contribution in [2.75, 3.05) is 32.1 Å². The maximum Gasteiger partial charge on any atom is 0.191 e. The first-order chi connectivity index (χ1) is 8.25. The van der Waals surface area contributed by atoms with Crippen LogP contribution < -0.4 is 15.5 Å². The van der Waals surface area contributed by atoms with Crippen molar-refractivity contribution < 1.29 is 0 Å². The Morgan fingerprint density at radius 2 is 2.28 bits per heavy atom. The van der Waals surface area contributed by atoms with Crippen LogP contribution in [0, 0.1) is 0 Å². The van der Waals surface area contributed by atoms with Crippen molar-refractivity contribution in [3.63, 3.8) is 0 Å². The van der Waals surface area contributed by atoms with Gasteiger partial charge in [0.2, 0.25) is 0 Å². The molecule has 100 valence electrons. The van der Waals surface area contributed by atoms with Gasteiger partial charge in [0, 0.05) is 39.9 Å². The maximum absolute atomic E-state index is 4.37. The molecule has 1 aromatic heterocycles. The minimum Gasteiger partial charge on any atom is -0.363 e. The van der Waals surface area contributed by atoms with Gasteiger partial charge >= 0.3 is 0 Å². The minimum atomic E-state index is 0. The second-order valence-electron chi connectivity index (χ2n) is 4.28. The van der Waals surface area contributed by atoms with Crippen molar-refractivity contribution in [1.82, 2.24) is 15.6 Å². The summed E-state index contributed by atoms with van der Waals surface area (Å²) >= 11 is 0. The van der Waals surface area contributed by atoms with E-state index in [0.717, 1.165) is 37.8 Å². The molecule has 6 heteroatoms. The average molecular weight is 361 g/mol. The van der Waals surface area contributed by atoms with Gasteiger partial charge in [-0.05, 0) is 24.1 Å². The van der Waals surface area contributed by atoms with Gasteiger partial charge in [-0.25, -0.2) is 4.98 Å². The highest BCUT2D eigenvalue weighted by Crippen LogP contribution is 2.09. The lowest BCUT2D eigenvalue weighted by Gasteiger charge is -2.17. The summed E-state index contributed by atoms with van der Waals surface area (Å²) in [5.41, 5.74) is 1.21. The maximum atomic E-state index is 4.37. The van der Waals surface area contributed by atoms with E-state index < -0.39 is 0 Å². The van der Waals surface area contributed by atoms with Gasteiger partial charge in [-0.1, -0.05) is 0 Å². The Hall–Kier alpha value is -1.05. The Balaban J connectivity index is 0.00000162. The Bertz CT molecular complexity index is 405. The van der Waals surface area contributed by atoms with Crippen molar-refractivity contribution >= 4 is 35.8 Å². The average Bonchev–Trinajstić information content (AvgIpc) is 2.38. The van der Waals surface area contributed by atoms with Crippen LogP contribution in [0.15, 0.2) is 23.3 Å². The summed E-state index contributed by atoms with van der Waals surface area (Å²) in [7, 11) is 3.98. The van der Waals surface area contributed by atoms with Crippen LogP contribution in [0.1, 0.15) is 12.0 Å². The summed E-state index contributed by atoms with van der Waals surface area (Å²) in [4.78, 5) is 10.7. The first kappa shape index (κ1) is 15.0. The topological polar surface area (TPSA) is 52.5 Å². The molecule has 0 spiro atoms. The predicted octanol–water partition coefficient (Wildman–Crippen LogP) is 1.20. The fraction of sp³-hybridized carbons (Fsp3) is 0.500. The molecule has 1 aliphatic rings. The van der Waals surface area contributed by atoms with Gasteiger partial charge in [-0.2, -0.15) is 0 Å². The number of aliphatic imine (C=N–C) groups is 1. The second kappa shape index (κ2) is 7.40. The molecule has 0 aliphatic carbocycles.